The van der Waals surface area contributed by atoms with Crippen molar-refractivity contribution in [2.24, 2.45) is 5.10 Å². The summed E-state index contributed by atoms with van der Waals surface area (Å²) in [5, 5.41) is 4.70. The number of hydrazone groups is 1. The molecule has 0 saturated heterocycles. The van der Waals surface area contributed by atoms with E-state index in [0.717, 1.165) is 0 Å². The first-order chi connectivity index (χ1) is 11.5. The van der Waals surface area contributed by atoms with E-state index in [9.17, 15) is 4.79 Å². The van der Waals surface area contributed by atoms with Crippen molar-refractivity contribution >= 4 is 28.5 Å². The van der Waals surface area contributed by atoms with E-state index in [-0.39, 0.29) is 5.78 Å². The van der Waals surface area contributed by atoms with E-state index < -0.39 is 0 Å². The maximum absolute atomic E-state index is 11.5. The molecule has 7 nitrogen and oxygen atoms in total. The Balaban J connectivity index is 2.22. The molecular weight excluding hydrogens is 330 g/mol. The molecule has 0 aliphatic rings. The van der Waals surface area contributed by atoms with Crippen molar-refractivity contribution in [3.63, 3.8) is 0 Å². The van der Waals surface area contributed by atoms with Gasteiger partial charge in [-0.25, -0.2) is 4.98 Å². The molecule has 1 aromatic heterocycles. The third-order valence-electron chi connectivity index (χ3n) is 3.22. The summed E-state index contributed by atoms with van der Waals surface area (Å²) in [6.07, 6.45) is 1.59. The number of carbonyl (C=O) groups is 1. The fraction of sp³-hybridized carbons (Fsp3) is 0.312. The number of ketones is 1. The zero-order valence-electron chi connectivity index (χ0n) is 14.2. The monoisotopic (exact) mass is 349 g/mol. The molecule has 0 aliphatic heterocycles. The quantitative estimate of drug-likeness (QED) is 0.470. The van der Waals surface area contributed by atoms with Gasteiger partial charge in [-0.15, -0.1) is 0 Å². The third kappa shape index (κ3) is 3.83. The minimum absolute atomic E-state index is 0.0106. The largest absolute Gasteiger partial charge is 0.496 e. The summed E-state index contributed by atoms with van der Waals surface area (Å²) in [6, 6.07) is 3.48. The first-order valence-corrected chi connectivity index (χ1v) is 7.89. The number of hydrogen-bond acceptors (Lipinski definition) is 8. The molecule has 0 fully saturated rings. The van der Waals surface area contributed by atoms with Crippen LogP contribution in [0.25, 0.3) is 0 Å². The molecule has 1 aromatic carbocycles. The van der Waals surface area contributed by atoms with Crippen molar-refractivity contribution in [1.82, 2.24) is 4.98 Å². The summed E-state index contributed by atoms with van der Waals surface area (Å²) in [6.45, 7) is 3.31. The summed E-state index contributed by atoms with van der Waals surface area (Å²) in [4.78, 5) is 16.3. The molecule has 1 heterocycles. The van der Waals surface area contributed by atoms with Gasteiger partial charge in [-0.2, -0.15) is 5.10 Å². The Bertz CT molecular complexity index is 771. The van der Waals surface area contributed by atoms with E-state index in [1.807, 2.05) is 0 Å². The van der Waals surface area contributed by atoms with Crippen LogP contribution in [0, 0.1) is 6.92 Å². The Morgan fingerprint density at radius 2 is 1.79 bits per heavy atom. The molecule has 0 bridgehead atoms. The lowest BCUT2D eigenvalue weighted by Crippen LogP contribution is -1.97. The Morgan fingerprint density at radius 1 is 1.17 bits per heavy atom. The molecule has 8 heteroatoms. The molecule has 0 saturated carbocycles. The maximum atomic E-state index is 11.5. The van der Waals surface area contributed by atoms with E-state index in [4.69, 9.17) is 14.2 Å². The molecule has 0 unspecified atom stereocenters. The number of hydrogen-bond donors (Lipinski definition) is 1. The van der Waals surface area contributed by atoms with Crippen LogP contribution in [0.1, 0.15) is 27.9 Å². The maximum Gasteiger partial charge on any atom is 0.204 e. The van der Waals surface area contributed by atoms with Crippen molar-refractivity contribution in [2.45, 2.75) is 13.8 Å². The van der Waals surface area contributed by atoms with Crippen molar-refractivity contribution in [3.8, 4) is 17.2 Å². The second-order valence-electron chi connectivity index (χ2n) is 4.81. The highest BCUT2D eigenvalue weighted by Gasteiger charge is 2.12. The fourth-order valence-electron chi connectivity index (χ4n) is 2.08. The van der Waals surface area contributed by atoms with Gasteiger partial charge in [0.05, 0.1) is 38.1 Å². The number of methoxy groups -OCH3 is 3. The minimum Gasteiger partial charge on any atom is -0.496 e. The lowest BCUT2D eigenvalue weighted by molar-refractivity contribution is 0.102. The highest BCUT2D eigenvalue weighted by Crippen LogP contribution is 2.33. The Morgan fingerprint density at radius 3 is 2.33 bits per heavy atom. The Labute approximate surface area is 144 Å². The average Bonchev–Trinajstić information content (AvgIpc) is 2.95. The molecule has 24 heavy (non-hydrogen) atoms. The van der Waals surface area contributed by atoms with Crippen LogP contribution in [-0.2, 0) is 0 Å². The molecule has 0 spiro atoms. The van der Waals surface area contributed by atoms with Crippen molar-refractivity contribution in [2.75, 3.05) is 26.8 Å². The van der Waals surface area contributed by atoms with Gasteiger partial charge >= 0.3 is 0 Å². The van der Waals surface area contributed by atoms with Crippen LogP contribution in [0.2, 0.25) is 0 Å². The predicted molar refractivity (Wildman–Crippen MR) is 94.2 cm³/mol. The lowest BCUT2D eigenvalue weighted by Gasteiger charge is -2.11. The zero-order chi connectivity index (χ0) is 17.7. The van der Waals surface area contributed by atoms with Gasteiger partial charge in [0.25, 0.3) is 0 Å². The molecule has 0 aliphatic carbocycles. The highest BCUT2D eigenvalue weighted by atomic mass is 32.1. The molecule has 1 N–H and O–H groups in total. The molecule has 0 amide bonds. The molecule has 0 atom stereocenters. The van der Waals surface area contributed by atoms with Crippen LogP contribution in [0.4, 0.5) is 5.13 Å². The van der Waals surface area contributed by atoms with Gasteiger partial charge in [-0.3, -0.25) is 10.2 Å². The van der Waals surface area contributed by atoms with E-state index in [0.29, 0.717) is 38.5 Å². The van der Waals surface area contributed by atoms with Crippen LogP contribution < -0.4 is 19.6 Å². The summed E-state index contributed by atoms with van der Waals surface area (Å²) >= 11 is 1.26. The number of anilines is 1. The van der Waals surface area contributed by atoms with E-state index in [1.54, 1.807) is 46.6 Å². The number of rotatable bonds is 7. The number of nitrogens with one attached hydrogen (secondary N) is 1. The highest BCUT2D eigenvalue weighted by molar-refractivity contribution is 7.17. The first-order valence-electron chi connectivity index (χ1n) is 7.07. The molecule has 2 aromatic rings. The number of ether oxygens (including phenoxy) is 3. The van der Waals surface area contributed by atoms with Gasteiger partial charge in [-0.1, -0.05) is 11.3 Å². The summed E-state index contributed by atoms with van der Waals surface area (Å²) in [5.74, 6) is 1.73. The van der Waals surface area contributed by atoms with Gasteiger partial charge in [0, 0.05) is 18.6 Å². The number of thiazole rings is 1. The second kappa shape index (κ2) is 7.78. The number of benzene rings is 1. The normalized spacial score (nSPS) is 10.7. The smallest absolute Gasteiger partial charge is 0.204 e. The number of aromatic nitrogens is 1. The van der Waals surface area contributed by atoms with Gasteiger partial charge in [0.2, 0.25) is 5.13 Å². The lowest BCUT2D eigenvalue weighted by atomic mass is 10.2. The average molecular weight is 349 g/mol. The third-order valence-corrected chi connectivity index (χ3v) is 4.38. The number of carbonyl (C=O) groups excluding carboxylic acids is 1. The van der Waals surface area contributed by atoms with Gasteiger partial charge in [-0.05, 0) is 13.0 Å². The van der Waals surface area contributed by atoms with Gasteiger partial charge < -0.3 is 14.2 Å². The van der Waals surface area contributed by atoms with Crippen LogP contribution in [0.5, 0.6) is 17.2 Å². The van der Waals surface area contributed by atoms with Gasteiger partial charge in [0.1, 0.15) is 5.75 Å². The van der Waals surface area contributed by atoms with Crippen molar-refractivity contribution in [1.29, 1.82) is 0 Å². The zero-order valence-corrected chi connectivity index (χ0v) is 15.0. The minimum atomic E-state index is -0.0106. The fourth-order valence-corrected chi connectivity index (χ4v) is 2.89. The van der Waals surface area contributed by atoms with Crippen LogP contribution >= 0.6 is 11.3 Å². The number of nitrogens with zero attached hydrogens (tertiary/aromatic N) is 2. The summed E-state index contributed by atoms with van der Waals surface area (Å²) in [5.41, 5.74) is 4.22. The van der Waals surface area contributed by atoms with E-state index in [2.05, 4.69) is 15.5 Å². The van der Waals surface area contributed by atoms with Crippen molar-refractivity contribution < 1.29 is 19.0 Å². The SMILES string of the molecule is COc1cc(OC)c(OC)cc1/C=N/Nc1nc(C)c(C(C)=O)s1. The van der Waals surface area contributed by atoms with Gasteiger partial charge in [0.15, 0.2) is 17.3 Å². The van der Waals surface area contributed by atoms with Crippen LogP contribution in [0.15, 0.2) is 17.2 Å². The van der Waals surface area contributed by atoms with Crippen LogP contribution in [-0.4, -0.2) is 38.3 Å². The van der Waals surface area contributed by atoms with Crippen molar-refractivity contribution in [3.05, 3.63) is 28.3 Å². The topological polar surface area (TPSA) is 82.0 Å². The number of aryl methyl sites for hydroxylation is 1. The second-order valence-corrected chi connectivity index (χ2v) is 5.81. The predicted octanol–water partition coefficient (Wildman–Crippen LogP) is 3.13. The Kier molecular flexibility index (Phi) is 5.75. The molecular formula is C16H19N3O4S. The number of Topliss-reactive ketones (excluding diaryl/α,β-unsaturated/α-hetero) is 1. The molecule has 2 rings (SSSR count). The van der Waals surface area contributed by atoms with Crippen LogP contribution in [0.3, 0.4) is 0 Å². The summed E-state index contributed by atoms with van der Waals surface area (Å²) in [7, 11) is 4.69. The van der Waals surface area contributed by atoms with E-state index in [1.165, 1.54) is 18.3 Å². The first kappa shape index (κ1) is 17.7. The molecule has 0 radical (unpaired) electrons. The van der Waals surface area contributed by atoms with E-state index >= 15 is 0 Å². The summed E-state index contributed by atoms with van der Waals surface area (Å²) < 4.78 is 15.8. The molecule has 128 valence electrons. The Hall–Kier alpha value is -2.61. The standard InChI is InChI=1S/C16H19N3O4S/c1-9-15(10(2)20)24-16(18-9)19-17-8-11-6-13(22-4)14(23-5)7-12(11)21-3/h6-8H,1-5H3,(H,18,19)/b17-8+.